The van der Waals surface area contributed by atoms with Crippen molar-refractivity contribution in [3.63, 3.8) is 0 Å². The van der Waals surface area contributed by atoms with Crippen molar-refractivity contribution in [3.05, 3.63) is 88.0 Å². The zero-order valence-electron chi connectivity index (χ0n) is 44.2. The molecule has 3 fully saturated rings. The highest BCUT2D eigenvalue weighted by molar-refractivity contribution is 9.09. The SMILES string of the molecule is CC(C)(C)OC(=O)CBr.CC(C)(C)OC(=O)COc1cccc2c1C(=O)N(C1CCC(=O)NC1=O)C2=O.O=C(O)COc1cccc2c1C(=O)N(C1CCC(=O)NC1=O)C2=O.O=C1CCC(N2C(=O)c3cccc(O)c3C2=O)C(=O)N1. The molecular formula is C53H53BrN6O21. The number of amides is 12. The number of nitrogens with zero attached hydrogens (tertiary/aromatic N) is 3. The van der Waals surface area contributed by atoms with Crippen LogP contribution in [0.5, 0.6) is 17.2 Å². The van der Waals surface area contributed by atoms with E-state index in [0.717, 1.165) is 14.7 Å². The number of hydrogen-bond donors (Lipinski definition) is 5. The molecular weight excluding hydrogens is 1140 g/mol. The fourth-order valence-electron chi connectivity index (χ4n) is 8.72. The van der Waals surface area contributed by atoms with Crippen LogP contribution < -0.4 is 25.4 Å². The van der Waals surface area contributed by atoms with Crippen LogP contribution in [-0.4, -0.2) is 162 Å². The van der Waals surface area contributed by atoms with E-state index < -0.39 is 120 Å². The summed E-state index contributed by atoms with van der Waals surface area (Å²) >= 11 is 2.99. The van der Waals surface area contributed by atoms with Gasteiger partial charge in [0, 0.05) is 19.3 Å². The lowest BCUT2D eigenvalue weighted by Crippen LogP contribution is -2.54. The highest BCUT2D eigenvalue weighted by atomic mass is 79.9. The van der Waals surface area contributed by atoms with Crippen molar-refractivity contribution >= 4 is 105 Å². The van der Waals surface area contributed by atoms with Crippen LogP contribution in [0.4, 0.5) is 0 Å². The third kappa shape index (κ3) is 14.2. The number of benzene rings is 3. The van der Waals surface area contributed by atoms with Gasteiger partial charge in [-0.1, -0.05) is 34.1 Å². The average molecular weight is 1190 g/mol. The summed E-state index contributed by atoms with van der Waals surface area (Å²) in [6.07, 6.45) is 0.316. The van der Waals surface area contributed by atoms with Gasteiger partial charge in [0.05, 0.1) is 33.4 Å². The Morgan fingerprint density at radius 2 is 0.840 bits per heavy atom. The number of aliphatic carboxylic acids is 1. The molecule has 3 atom stereocenters. The van der Waals surface area contributed by atoms with Gasteiger partial charge in [0.15, 0.2) is 13.2 Å². The van der Waals surface area contributed by atoms with Crippen LogP contribution in [0.2, 0.25) is 0 Å². The highest BCUT2D eigenvalue weighted by Crippen LogP contribution is 2.36. The first-order valence-corrected chi connectivity index (χ1v) is 25.8. The lowest BCUT2D eigenvalue weighted by atomic mass is 10.0. The van der Waals surface area contributed by atoms with Crippen LogP contribution in [0.25, 0.3) is 0 Å². The second-order valence-corrected chi connectivity index (χ2v) is 20.7. The van der Waals surface area contributed by atoms with Crippen LogP contribution >= 0.6 is 15.9 Å². The summed E-state index contributed by atoms with van der Waals surface area (Å²) in [5.41, 5.74) is -1.04. The quantitative estimate of drug-likeness (QED) is 0.110. The van der Waals surface area contributed by atoms with E-state index >= 15 is 0 Å². The molecule has 0 radical (unpaired) electrons. The normalized spacial score (nSPS) is 19.3. The number of piperidine rings is 3. The molecule has 12 amide bonds. The smallest absolute Gasteiger partial charge is 0.344 e. The van der Waals surface area contributed by atoms with Gasteiger partial charge in [0.25, 0.3) is 35.4 Å². The molecule has 3 aromatic carbocycles. The molecule has 9 rings (SSSR count). The Hall–Kier alpha value is -9.21. The number of nitrogens with one attached hydrogen (secondary N) is 3. The fraction of sp³-hybridized carbons (Fsp3) is 0.377. The van der Waals surface area contributed by atoms with Crippen molar-refractivity contribution in [3.8, 4) is 17.2 Å². The number of aromatic hydroxyl groups is 1. The van der Waals surface area contributed by atoms with Crippen molar-refractivity contribution in [1.29, 1.82) is 0 Å². The second-order valence-electron chi connectivity index (χ2n) is 20.2. The number of fused-ring (bicyclic) bond motifs is 3. The van der Waals surface area contributed by atoms with E-state index in [1.54, 1.807) is 20.8 Å². The standard InChI is InChI=1S/C19H20N2O7.C15H12N2O7.C13H10N2O5.C6H11BrO2/c1-19(2,3)28-14(23)9-27-12-6-4-5-10-15(12)18(26)21(17(10)25)11-7-8-13(22)20-16(11)24;18-10-5-4-8(13(21)16-10)17-14(22)7-2-1-3-9(12(7)15(17)23)24-6-11(19)20;16-8-3-1-2-6-10(8)13(20)15(12(6)19)7-4-5-9(17)14-11(7)18;1-6(2,3)9-5(8)4-7/h4-6,11H,7-9H2,1-3H3,(H,20,22,24);1-3,8H,4-6H2,(H,19,20)(H,16,18,21);1-3,7,16H,4-5H2,(H,14,17,18);4H2,1-3H3. The van der Waals surface area contributed by atoms with Gasteiger partial charge in [-0.05, 0) is 97.2 Å². The summed E-state index contributed by atoms with van der Waals surface area (Å²) in [7, 11) is 0. The van der Waals surface area contributed by atoms with Crippen LogP contribution in [0.15, 0.2) is 54.6 Å². The number of carboxylic acids is 1. The molecule has 3 saturated heterocycles. The maximum Gasteiger partial charge on any atom is 0.344 e. The molecule has 28 heteroatoms. The van der Waals surface area contributed by atoms with Crippen molar-refractivity contribution < 1.29 is 101 Å². The Labute approximate surface area is 468 Å². The number of phenolic OH excluding ortho intramolecular Hbond substituents is 1. The Morgan fingerprint density at radius 1 is 0.506 bits per heavy atom. The molecule has 81 heavy (non-hydrogen) atoms. The lowest BCUT2D eigenvalue weighted by molar-refractivity contribution is -0.157. The largest absolute Gasteiger partial charge is 0.507 e. The number of rotatable bonds is 10. The number of alkyl halides is 1. The molecule has 27 nitrogen and oxygen atoms in total. The zero-order chi connectivity index (χ0) is 60.0. The number of esters is 2. The Balaban J connectivity index is 0.000000184. The van der Waals surface area contributed by atoms with Crippen LogP contribution in [0.1, 0.15) is 142 Å². The molecule has 6 heterocycles. The summed E-state index contributed by atoms with van der Waals surface area (Å²) in [4.78, 5) is 180. The molecule has 0 saturated carbocycles. The number of ether oxygens (including phenoxy) is 4. The minimum atomic E-state index is -1.23. The second kappa shape index (κ2) is 24.9. The third-order valence-electron chi connectivity index (χ3n) is 12.0. The monoisotopic (exact) mass is 1190 g/mol. The lowest BCUT2D eigenvalue weighted by Gasteiger charge is -2.27. The first-order valence-electron chi connectivity index (χ1n) is 24.6. The van der Waals surface area contributed by atoms with Crippen molar-refractivity contribution in [2.24, 2.45) is 0 Å². The molecule has 0 bridgehead atoms. The Morgan fingerprint density at radius 3 is 1.16 bits per heavy atom. The number of carbonyl (C=O) groups excluding carboxylic acids is 14. The molecule has 0 aromatic heterocycles. The van der Waals surface area contributed by atoms with Gasteiger partial charge in [-0.25, -0.2) is 9.59 Å². The van der Waals surface area contributed by atoms with Crippen molar-refractivity contribution in [2.45, 2.75) is 109 Å². The van der Waals surface area contributed by atoms with Crippen LogP contribution in [0.3, 0.4) is 0 Å². The predicted octanol–water partition coefficient (Wildman–Crippen LogP) is 1.88. The number of hydrogen-bond acceptors (Lipinski definition) is 20. The van der Waals surface area contributed by atoms with Gasteiger partial charge in [0.2, 0.25) is 35.4 Å². The van der Waals surface area contributed by atoms with Gasteiger partial charge in [-0.2, -0.15) is 0 Å². The van der Waals surface area contributed by atoms with E-state index in [2.05, 4.69) is 31.9 Å². The molecule has 3 unspecified atom stereocenters. The maximum absolute atomic E-state index is 12.9. The van der Waals surface area contributed by atoms with Gasteiger partial charge in [0.1, 0.15) is 51.9 Å². The summed E-state index contributed by atoms with van der Waals surface area (Å²) < 4.78 is 20.5. The van der Waals surface area contributed by atoms with E-state index in [1.807, 2.05) is 20.8 Å². The van der Waals surface area contributed by atoms with E-state index in [1.165, 1.54) is 54.6 Å². The molecule has 6 aliphatic heterocycles. The Bertz CT molecular complexity index is 3210. The zero-order valence-corrected chi connectivity index (χ0v) is 45.7. The maximum atomic E-state index is 12.9. The van der Waals surface area contributed by atoms with Crippen LogP contribution in [-0.2, 0) is 52.6 Å². The average Bonchev–Trinajstić information content (AvgIpc) is 3.90. The van der Waals surface area contributed by atoms with E-state index in [-0.39, 0.29) is 106 Å². The first kappa shape index (κ1) is 61.0. The summed E-state index contributed by atoms with van der Waals surface area (Å²) in [5, 5.41) is 25.0. The first-order chi connectivity index (χ1) is 37.9. The predicted molar refractivity (Wildman–Crippen MR) is 275 cm³/mol. The highest BCUT2D eigenvalue weighted by Gasteiger charge is 2.49. The van der Waals surface area contributed by atoms with E-state index in [4.69, 9.17) is 24.1 Å². The molecule has 0 spiro atoms. The molecule has 0 aliphatic carbocycles. The van der Waals surface area contributed by atoms with Gasteiger partial charge in [-0.3, -0.25) is 93.0 Å². The van der Waals surface area contributed by atoms with E-state index in [0.29, 0.717) is 0 Å². The van der Waals surface area contributed by atoms with Crippen molar-refractivity contribution in [2.75, 3.05) is 18.5 Å². The van der Waals surface area contributed by atoms with Gasteiger partial charge >= 0.3 is 17.9 Å². The summed E-state index contributed by atoms with van der Waals surface area (Å²) in [6.45, 7) is 9.56. The number of halogens is 1. The number of imide groups is 6. The van der Waals surface area contributed by atoms with Crippen molar-refractivity contribution in [1.82, 2.24) is 30.7 Å². The number of carbonyl (C=O) groups is 15. The van der Waals surface area contributed by atoms with Crippen LogP contribution in [0, 0.1) is 0 Å². The molecule has 6 aliphatic rings. The fourth-order valence-corrected chi connectivity index (χ4v) is 8.84. The Kier molecular flexibility index (Phi) is 18.7. The van der Waals surface area contributed by atoms with Gasteiger partial charge < -0.3 is 29.2 Å². The topological polar surface area (TPSA) is 379 Å². The van der Waals surface area contributed by atoms with Gasteiger partial charge in [-0.15, -0.1) is 0 Å². The van der Waals surface area contributed by atoms with E-state index in [9.17, 15) is 77.0 Å². The molecule has 3 aromatic rings. The summed E-state index contributed by atoms with van der Waals surface area (Å²) in [6, 6.07) is 9.66. The minimum absolute atomic E-state index is 0.0132. The molecule has 5 N–H and O–H groups in total. The summed E-state index contributed by atoms with van der Waals surface area (Å²) in [5.74, 6) is -9.86. The minimum Gasteiger partial charge on any atom is -0.507 e. The third-order valence-corrected chi connectivity index (χ3v) is 12.4. The number of phenols is 1. The number of carboxylic acid groups (broad SMARTS) is 1. The molecule has 428 valence electrons.